The van der Waals surface area contributed by atoms with E-state index in [4.69, 9.17) is 0 Å². The van der Waals surface area contributed by atoms with Crippen molar-refractivity contribution in [3.63, 3.8) is 0 Å². The molecule has 0 unspecified atom stereocenters. The average Bonchev–Trinajstić information content (AvgIpc) is 3.40. The zero-order chi connectivity index (χ0) is 20.4. The van der Waals surface area contributed by atoms with Crippen LogP contribution < -0.4 is 10.2 Å². The van der Waals surface area contributed by atoms with Gasteiger partial charge in [0.2, 0.25) is 0 Å². The van der Waals surface area contributed by atoms with Crippen LogP contribution in [0.2, 0.25) is 0 Å². The van der Waals surface area contributed by atoms with Crippen molar-refractivity contribution < 1.29 is 18.0 Å². The lowest BCUT2D eigenvalue weighted by Crippen LogP contribution is -2.18. The molecule has 1 aromatic heterocycles. The Bertz CT molecular complexity index is 1010. The molecule has 0 spiro atoms. The van der Waals surface area contributed by atoms with Crippen LogP contribution in [-0.4, -0.2) is 28.8 Å². The normalized spacial score (nSPS) is 14.2. The highest BCUT2D eigenvalue weighted by Gasteiger charge is 2.33. The van der Waals surface area contributed by atoms with Gasteiger partial charge in [-0.2, -0.15) is 18.3 Å². The Balaban J connectivity index is 1.46. The summed E-state index contributed by atoms with van der Waals surface area (Å²) >= 11 is 0. The zero-order valence-electron chi connectivity index (χ0n) is 15.5. The molecule has 0 atom stereocenters. The van der Waals surface area contributed by atoms with Gasteiger partial charge in [0.25, 0.3) is 5.91 Å². The average molecular weight is 400 g/mol. The lowest BCUT2D eigenvalue weighted by molar-refractivity contribution is -0.141. The Hall–Kier alpha value is -3.29. The summed E-state index contributed by atoms with van der Waals surface area (Å²) in [7, 11) is 0. The van der Waals surface area contributed by atoms with Gasteiger partial charge in [0.15, 0.2) is 5.69 Å². The van der Waals surface area contributed by atoms with Crippen LogP contribution in [0, 0.1) is 0 Å². The molecule has 2 aromatic carbocycles. The molecule has 3 aromatic rings. The minimum Gasteiger partial charge on any atom is -0.371 e. The number of nitrogens with one attached hydrogen (secondary N) is 1. The number of halogens is 3. The summed E-state index contributed by atoms with van der Waals surface area (Å²) in [6, 6.07) is 14.8. The number of aromatic nitrogens is 2. The largest absolute Gasteiger partial charge is 0.435 e. The van der Waals surface area contributed by atoms with E-state index in [1.54, 1.807) is 24.3 Å². The number of rotatable bonds is 4. The second kappa shape index (κ2) is 7.62. The molecule has 1 fully saturated rings. The van der Waals surface area contributed by atoms with Gasteiger partial charge in [0.1, 0.15) is 0 Å². The quantitative estimate of drug-likeness (QED) is 0.688. The number of alkyl halides is 3. The van der Waals surface area contributed by atoms with E-state index in [1.165, 1.54) is 19.0 Å². The summed E-state index contributed by atoms with van der Waals surface area (Å²) < 4.78 is 39.2. The SMILES string of the molecule is O=C(Nc1cccc(N2CCCC2)c1)c1ccc(-n2ccc(C(F)(F)F)n2)cc1. The highest BCUT2D eigenvalue weighted by molar-refractivity contribution is 6.04. The predicted octanol–water partition coefficient (Wildman–Crippen LogP) is 4.74. The third-order valence-corrected chi connectivity index (χ3v) is 4.85. The van der Waals surface area contributed by atoms with Crippen LogP contribution >= 0.6 is 0 Å². The molecule has 1 N–H and O–H groups in total. The number of hydrogen-bond acceptors (Lipinski definition) is 3. The molecule has 1 saturated heterocycles. The van der Waals surface area contributed by atoms with Crippen LogP contribution in [0.15, 0.2) is 60.8 Å². The van der Waals surface area contributed by atoms with Gasteiger partial charge >= 0.3 is 6.18 Å². The highest BCUT2D eigenvalue weighted by atomic mass is 19.4. The van der Waals surface area contributed by atoms with Crippen molar-refractivity contribution in [3.05, 3.63) is 72.1 Å². The van der Waals surface area contributed by atoms with Crippen molar-refractivity contribution in [1.29, 1.82) is 0 Å². The number of nitrogens with zero attached hydrogens (tertiary/aromatic N) is 3. The highest BCUT2D eigenvalue weighted by Crippen LogP contribution is 2.28. The van der Waals surface area contributed by atoms with E-state index in [9.17, 15) is 18.0 Å². The Morgan fingerprint density at radius 3 is 2.34 bits per heavy atom. The Morgan fingerprint density at radius 2 is 1.69 bits per heavy atom. The van der Waals surface area contributed by atoms with Crippen molar-refractivity contribution in [2.45, 2.75) is 19.0 Å². The second-order valence-corrected chi connectivity index (χ2v) is 6.89. The van der Waals surface area contributed by atoms with Gasteiger partial charge in [0, 0.05) is 36.2 Å². The van der Waals surface area contributed by atoms with Gasteiger partial charge in [-0.15, -0.1) is 0 Å². The van der Waals surface area contributed by atoms with Gasteiger partial charge in [-0.25, -0.2) is 4.68 Å². The van der Waals surface area contributed by atoms with E-state index >= 15 is 0 Å². The van der Waals surface area contributed by atoms with Crippen LogP contribution in [0.25, 0.3) is 5.69 Å². The van der Waals surface area contributed by atoms with Gasteiger partial charge < -0.3 is 10.2 Å². The van der Waals surface area contributed by atoms with Crippen molar-refractivity contribution in [1.82, 2.24) is 9.78 Å². The van der Waals surface area contributed by atoms with Crippen molar-refractivity contribution in [2.75, 3.05) is 23.3 Å². The Morgan fingerprint density at radius 1 is 0.966 bits per heavy atom. The van der Waals surface area contributed by atoms with Crippen LogP contribution in [0.3, 0.4) is 0 Å². The molecule has 1 aliphatic rings. The van der Waals surface area contributed by atoms with Crippen LogP contribution in [0.5, 0.6) is 0 Å². The van der Waals surface area contributed by atoms with E-state index in [0.29, 0.717) is 16.9 Å². The lowest BCUT2D eigenvalue weighted by Gasteiger charge is -2.18. The zero-order valence-corrected chi connectivity index (χ0v) is 15.5. The molecule has 29 heavy (non-hydrogen) atoms. The molecule has 1 amide bonds. The maximum Gasteiger partial charge on any atom is 0.435 e. The first-order chi connectivity index (χ1) is 13.9. The molecule has 0 radical (unpaired) electrons. The fourth-order valence-corrected chi connectivity index (χ4v) is 3.34. The van der Waals surface area contributed by atoms with Crippen LogP contribution in [0.1, 0.15) is 28.9 Å². The predicted molar refractivity (Wildman–Crippen MR) is 104 cm³/mol. The second-order valence-electron chi connectivity index (χ2n) is 6.89. The standard InChI is InChI=1S/C21H19F3N4O/c22-21(23,24)19-10-13-28(26-19)17-8-6-15(7-9-17)20(29)25-16-4-3-5-18(14-16)27-11-1-2-12-27/h3-10,13-14H,1-2,11-12H2,(H,25,29). The first kappa shape index (κ1) is 19.0. The number of benzene rings is 2. The maximum absolute atomic E-state index is 12.7. The van der Waals surface area contributed by atoms with Gasteiger partial charge in [-0.1, -0.05) is 6.07 Å². The molecule has 1 aliphatic heterocycles. The third-order valence-electron chi connectivity index (χ3n) is 4.85. The molecule has 5 nitrogen and oxygen atoms in total. The first-order valence-corrected chi connectivity index (χ1v) is 9.30. The summed E-state index contributed by atoms with van der Waals surface area (Å²) in [6.07, 6.45) is -0.913. The Labute approximate surface area is 165 Å². The van der Waals surface area contributed by atoms with E-state index in [0.717, 1.165) is 29.5 Å². The molecule has 0 aliphatic carbocycles. The van der Waals surface area contributed by atoms with Gasteiger partial charge in [-0.3, -0.25) is 4.79 Å². The molecular formula is C21H19F3N4O. The van der Waals surface area contributed by atoms with E-state index in [2.05, 4.69) is 15.3 Å². The van der Waals surface area contributed by atoms with Crippen molar-refractivity contribution in [3.8, 4) is 5.69 Å². The molecule has 8 heteroatoms. The first-order valence-electron chi connectivity index (χ1n) is 9.30. The molecule has 4 rings (SSSR count). The van der Waals surface area contributed by atoms with Crippen molar-refractivity contribution in [2.24, 2.45) is 0 Å². The monoisotopic (exact) mass is 400 g/mol. The smallest absolute Gasteiger partial charge is 0.371 e. The number of carbonyl (C=O) groups excluding carboxylic acids is 1. The minimum atomic E-state index is -4.49. The lowest BCUT2D eigenvalue weighted by atomic mass is 10.2. The molecular weight excluding hydrogens is 381 g/mol. The summed E-state index contributed by atoms with van der Waals surface area (Å²) in [5.41, 5.74) is 1.66. The van der Waals surface area contributed by atoms with Gasteiger partial charge in [-0.05, 0) is 61.4 Å². The molecule has 0 bridgehead atoms. The number of hydrogen-bond donors (Lipinski definition) is 1. The summed E-state index contributed by atoms with van der Waals surface area (Å²) in [5, 5.41) is 6.40. The fraction of sp³-hybridized carbons (Fsp3) is 0.238. The number of amides is 1. The molecule has 0 saturated carbocycles. The van der Waals surface area contributed by atoms with Gasteiger partial charge in [0.05, 0.1) is 5.69 Å². The third kappa shape index (κ3) is 4.26. The summed E-state index contributed by atoms with van der Waals surface area (Å²) in [5.74, 6) is -0.286. The summed E-state index contributed by atoms with van der Waals surface area (Å²) in [4.78, 5) is 14.8. The number of carbonyl (C=O) groups is 1. The van der Waals surface area contributed by atoms with E-state index in [1.807, 2.05) is 24.3 Å². The molecule has 150 valence electrons. The fourth-order valence-electron chi connectivity index (χ4n) is 3.34. The number of anilines is 2. The topological polar surface area (TPSA) is 50.2 Å². The van der Waals surface area contributed by atoms with Crippen LogP contribution in [0.4, 0.5) is 24.5 Å². The maximum atomic E-state index is 12.7. The Kier molecular flexibility index (Phi) is 5.00. The van der Waals surface area contributed by atoms with E-state index in [-0.39, 0.29) is 5.91 Å². The summed E-state index contributed by atoms with van der Waals surface area (Å²) in [6.45, 7) is 2.03. The molecule has 2 heterocycles. The van der Waals surface area contributed by atoms with E-state index < -0.39 is 11.9 Å². The van der Waals surface area contributed by atoms with Crippen LogP contribution in [-0.2, 0) is 6.18 Å². The van der Waals surface area contributed by atoms with Crippen molar-refractivity contribution >= 4 is 17.3 Å². The minimum absolute atomic E-state index is 0.286.